The van der Waals surface area contributed by atoms with Gasteiger partial charge in [0, 0.05) is 32.9 Å². The molecule has 0 radical (unpaired) electrons. The Morgan fingerprint density at radius 3 is 2.25 bits per heavy atom. The summed E-state index contributed by atoms with van der Waals surface area (Å²) >= 11 is 0. The number of hydrogen-bond acceptors (Lipinski definition) is 4. The third kappa shape index (κ3) is 11.6. The maximum Gasteiger partial charge on any atom is 0.222 e. The monoisotopic (exact) mass is 451 g/mol. The number of hydrogen-bond donors (Lipinski definition) is 2. The third-order valence-corrected chi connectivity index (χ3v) is 6.95. The molecule has 0 aromatic heterocycles. The number of unbranched alkanes of at least 4 members (excludes halogenated alkanes) is 6. The van der Waals surface area contributed by atoms with Crippen LogP contribution >= 0.6 is 0 Å². The summed E-state index contributed by atoms with van der Waals surface area (Å²) in [5.74, 6) is 0.502. The molecule has 1 aliphatic carbocycles. The highest BCUT2D eigenvalue weighted by Gasteiger charge is 2.40. The van der Waals surface area contributed by atoms with E-state index in [1.165, 1.54) is 19.3 Å². The lowest BCUT2D eigenvalue weighted by molar-refractivity contribution is -0.130. The van der Waals surface area contributed by atoms with E-state index in [-0.39, 0.29) is 23.5 Å². The smallest absolute Gasteiger partial charge is 0.222 e. The molecule has 0 aliphatic heterocycles. The number of nitrogens with zero attached hydrogens (tertiary/aromatic N) is 1. The fraction of sp³-hybridized carbons (Fsp3) is 0.852. The Morgan fingerprint density at radius 1 is 0.844 bits per heavy atom. The van der Waals surface area contributed by atoms with E-state index in [1.807, 2.05) is 11.9 Å². The van der Waals surface area contributed by atoms with Crippen LogP contribution in [-0.4, -0.2) is 52.6 Å². The van der Waals surface area contributed by atoms with E-state index >= 15 is 0 Å². The van der Waals surface area contributed by atoms with Crippen LogP contribution in [0.1, 0.15) is 110 Å². The first-order chi connectivity index (χ1) is 15.4. The molecule has 1 rings (SSSR count). The molecular weight excluding hydrogens is 402 g/mol. The number of carbonyl (C=O) groups excluding carboxylic acids is 2. The summed E-state index contributed by atoms with van der Waals surface area (Å²) in [6, 6.07) is 0. The van der Waals surface area contributed by atoms with Gasteiger partial charge in [0.1, 0.15) is 5.78 Å². The van der Waals surface area contributed by atoms with E-state index in [0.29, 0.717) is 32.1 Å². The summed E-state index contributed by atoms with van der Waals surface area (Å²) < 4.78 is 0. The molecule has 0 aromatic carbocycles. The van der Waals surface area contributed by atoms with Crippen LogP contribution in [0.3, 0.4) is 0 Å². The Hall–Kier alpha value is -1.20. The second-order valence-corrected chi connectivity index (χ2v) is 9.71. The number of allylic oxidation sites excluding steroid dienone is 2. The quantitative estimate of drug-likeness (QED) is 0.215. The first kappa shape index (κ1) is 28.8. The minimum atomic E-state index is -0.517. The van der Waals surface area contributed by atoms with Crippen molar-refractivity contribution in [3.63, 3.8) is 0 Å². The van der Waals surface area contributed by atoms with Crippen molar-refractivity contribution in [2.45, 2.75) is 122 Å². The molecule has 1 amide bonds. The van der Waals surface area contributed by atoms with E-state index in [0.717, 1.165) is 51.5 Å². The van der Waals surface area contributed by atoms with Crippen molar-refractivity contribution in [2.24, 2.45) is 11.8 Å². The molecule has 32 heavy (non-hydrogen) atoms. The summed E-state index contributed by atoms with van der Waals surface area (Å²) in [5.41, 5.74) is 0. The average molecular weight is 452 g/mol. The second kappa shape index (κ2) is 17.3. The molecule has 2 N–H and O–H groups in total. The number of carbonyl (C=O) groups is 2. The van der Waals surface area contributed by atoms with Crippen molar-refractivity contribution >= 4 is 11.7 Å². The molecule has 1 aliphatic rings. The van der Waals surface area contributed by atoms with Crippen LogP contribution in [-0.2, 0) is 9.59 Å². The zero-order valence-corrected chi connectivity index (χ0v) is 20.9. The van der Waals surface area contributed by atoms with E-state index in [4.69, 9.17) is 0 Å². The molecule has 4 atom stereocenters. The van der Waals surface area contributed by atoms with Gasteiger partial charge in [-0.25, -0.2) is 0 Å². The molecule has 5 nitrogen and oxygen atoms in total. The van der Waals surface area contributed by atoms with Crippen molar-refractivity contribution < 1.29 is 19.8 Å². The molecule has 1 saturated carbocycles. The highest BCUT2D eigenvalue weighted by atomic mass is 16.3. The third-order valence-electron chi connectivity index (χ3n) is 6.95. The van der Waals surface area contributed by atoms with Crippen LogP contribution in [0, 0.1) is 11.8 Å². The van der Waals surface area contributed by atoms with Gasteiger partial charge in [-0.05, 0) is 56.8 Å². The maximum absolute atomic E-state index is 12.2. The minimum absolute atomic E-state index is 0.00696. The van der Waals surface area contributed by atoms with Crippen molar-refractivity contribution in [3.8, 4) is 0 Å². The van der Waals surface area contributed by atoms with Gasteiger partial charge < -0.3 is 15.1 Å². The molecule has 0 bridgehead atoms. The standard InChI is InChI=1S/C27H49NO4/c1-4-6-8-9-12-15-22(29)18-19-24-23(25(30)21-26(24)31)16-13-10-11-14-17-27(32)28(3)20-7-5-2/h10,13,23-26,30-31H,4-9,11-12,14-21H2,1-3H3/b13-10-/t23-,24-,25+,26-/m1/s1. The Morgan fingerprint density at radius 2 is 1.53 bits per heavy atom. The second-order valence-electron chi connectivity index (χ2n) is 9.71. The lowest BCUT2D eigenvalue weighted by atomic mass is 9.86. The number of aliphatic hydroxyl groups is 2. The van der Waals surface area contributed by atoms with Crippen molar-refractivity contribution in [2.75, 3.05) is 13.6 Å². The molecule has 5 heteroatoms. The molecule has 186 valence electrons. The molecular formula is C27H49NO4. The van der Waals surface area contributed by atoms with Crippen LogP contribution in [0.15, 0.2) is 12.2 Å². The van der Waals surface area contributed by atoms with Gasteiger partial charge >= 0.3 is 0 Å². The molecule has 0 saturated heterocycles. The summed E-state index contributed by atoms with van der Waals surface area (Å²) in [6.45, 7) is 5.14. The van der Waals surface area contributed by atoms with E-state index in [2.05, 4.69) is 26.0 Å². The number of ketones is 1. The molecule has 0 spiro atoms. The normalized spacial score (nSPS) is 23.2. The van der Waals surface area contributed by atoms with Gasteiger partial charge in [-0.1, -0.05) is 58.1 Å². The van der Waals surface area contributed by atoms with E-state index < -0.39 is 12.2 Å². The first-order valence-electron chi connectivity index (χ1n) is 13.2. The summed E-state index contributed by atoms with van der Waals surface area (Å²) in [6.07, 6.45) is 16.2. The Balaban J connectivity index is 2.30. The van der Waals surface area contributed by atoms with Gasteiger partial charge in [0.05, 0.1) is 12.2 Å². The summed E-state index contributed by atoms with van der Waals surface area (Å²) in [5, 5.41) is 20.8. The van der Waals surface area contributed by atoms with Gasteiger partial charge in [-0.15, -0.1) is 0 Å². The Kier molecular flexibility index (Phi) is 15.6. The predicted molar refractivity (Wildman–Crippen MR) is 131 cm³/mol. The average Bonchev–Trinajstić information content (AvgIpc) is 3.04. The molecule has 0 unspecified atom stereocenters. The number of Topliss-reactive ketones (excluding diaryl/α,β-unsaturated/α-hetero) is 1. The highest BCUT2D eigenvalue weighted by molar-refractivity contribution is 5.78. The van der Waals surface area contributed by atoms with E-state index in [1.54, 1.807) is 0 Å². The Labute approximate surface area is 196 Å². The number of aliphatic hydroxyl groups excluding tert-OH is 2. The summed E-state index contributed by atoms with van der Waals surface area (Å²) in [7, 11) is 1.87. The SMILES string of the molecule is CCCCCCCC(=O)CC[C@@H]1[C@@H](C/C=C\CCCC(=O)N(C)CCCC)[C@@H](O)C[C@H]1O. The Bertz CT molecular complexity index is 548. The van der Waals surface area contributed by atoms with Crippen LogP contribution in [0.4, 0.5) is 0 Å². The predicted octanol–water partition coefficient (Wildman–Crippen LogP) is 5.43. The first-order valence-corrected chi connectivity index (χ1v) is 13.2. The van der Waals surface area contributed by atoms with Crippen LogP contribution in [0.2, 0.25) is 0 Å². The topological polar surface area (TPSA) is 77.8 Å². The van der Waals surface area contributed by atoms with Crippen LogP contribution in [0.5, 0.6) is 0 Å². The number of amides is 1. The fourth-order valence-corrected chi connectivity index (χ4v) is 4.74. The van der Waals surface area contributed by atoms with Crippen molar-refractivity contribution in [1.82, 2.24) is 4.90 Å². The lowest BCUT2D eigenvalue weighted by Crippen LogP contribution is -2.27. The van der Waals surface area contributed by atoms with Gasteiger partial charge in [-0.3, -0.25) is 9.59 Å². The highest BCUT2D eigenvalue weighted by Crippen LogP contribution is 2.38. The molecule has 1 fully saturated rings. The maximum atomic E-state index is 12.2. The van der Waals surface area contributed by atoms with Gasteiger partial charge in [0.25, 0.3) is 0 Å². The lowest BCUT2D eigenvalue weighted by Gasteiger charge is -2.22. The van der Waals surface area contributed by atoms with Crippen LogP contribution in [0.25, 0.3) is 0 Å². The number of rotatable bonds is 18. The minimum Gasteiger partial charge on any atom is -0.393 e. The van der Waals surface area contributed by atoms with Gasteiger partial charge in [0.15, 0.2) is 0 Å². The van der Waals surface area contributed by atoms with Gasteiger partial charge in [-0.2, -0.15) is 0 Å². The molecule has 0 aromatic rings. The largest absolute Gasteiger partial charge is 0.393 e. The summed E-state index contributed by atoms with van der Waals surface area (Å²) in [4.78, 5) is 26.1. The fourth-order valence-electron chi connectivity index (χ4n) is 4.74. The zero-order valence-electron chi connectivity index (χ0n) is 20.9. The van der Waals surface area contributed by atoms with Crippen molar-refractivity contribution in [3.05, 3.63) is 12.2 Å². The van der Waals surface area contributed by atoms with Gasteiger partial charge in [0.2, 0.25) is 5.91 Å². The zero-order chi connectivity index (χ0) is 23.8. The van der Waals surface area contributed by atoms with Crippen LogP contribution < -0.4 is 0 Å². The molecule has 0 heterocycles. The van der Waals surface area contributed by atoms with Crippen molar-refractivity contribution in [1.29, 1.82) is 0 Å². The van der Waals surface area contributed by atoms with E-state index in [9.17, 15) is 19.8 Å².